The van der Waals surface area contributed by atoms with Crippen molar-refractivity contribution in [2.75, 3.05) is 32.0 Å². The summed E-state index contributed by atoms with van der Waals surface area (Å²) in [5.41, 5.74) is 9.97. The molecule has 1 fully saturated rings. The molecule has 2 aromatic carbocycles. The zero-order valence-electron chi connectivity index (χ0n) is 24.6. The summed E-state index contributed by atoms with van der Waals surface area (Å²) in [5.74, 6) is -2.48. The Bertz CT molecular complexity index is 1910. The van der Waals surface area contributed by atoms with Crippen LogP contribution in [0, 0.1) is 18.6 Å². The summed E-state index contributed by atoms with van der Waals surface area (Å²) < 4.78 is 55.5. The number of ketones is 1. The molecule has 0 aliphatic carbocycles. The molecule has 0 spiro atoms. The van der Waals surface area contributed by atoms with Crippen molar-refractivity contribution in [3.63, 3.8) is 0 Å². The number of aromatic nitrogens is 4. The Hall–Kier alpha value is -4.68. The van der Waals surface area contributed by atoms with E-state index in [4.69, 9.17) is 15.2 Å². The fraction of sp³-hybridized carbons (Fsp3) is 0.303. The molecule has 7 rings (SSSR count). The number of benzene rings is 2. The molecule has 0 bridgehead atoms. The Labute approximate surface area is 256 Å². The van der Waals surface area contributed by atoms with E-state index in [2.05, 4.69) is 32.1 Å². The first-order valence-electron chi connectivity index (χ1n) is 14.8. The van der Waals surface area contributed by atoms with Crippen molar-refractivity contribution < 1.29 is 27.4 Å². The number of pyridine rings is 1. The number of hydrogen-bond acceptors (Lipinski definition) is 7. The first-order chi connectivity index (χ1) is 21.7. The number of H-pyrrole nitrogens is 1. The number of hydrogen-bond donors (Lipinski definition) is 2. The van der Waals surface area contributed by atoms with Gasteiger partial charge in [0.05, 0.1) is 29.3 Å². The van der Waals surface area contributed by atoms with Crippen LogP contribution >= 0.6 is 0 Å². The topological polar surface area (TPSA) is 111 Å². The van der Waals surface area contributed by atoms with Crippen molar-refractivity contribution in [3.05, 3.63) is 94.4 Å². The van der Waals surface area contributed by atoms with Crippen LogP contribution in [0.2, 0.25) is 0 Å². The molecular weight excluding hydrogens is 585 g/mol. The predicted molar refractivity (Wildman–Crippen MR) is 162 cm³/mol. The molecule has 2 aliphatic heterocycles. The van der Waals surface area contributed by atoms with Gasteiger partial charge in [0.15, 0.2) is 11.6 Å². The van der Waals surface area contributed by atoms with E-state index < -0.39 is 23.1 Å². The van der Waals surface area contributed by atoms with Crippen molar-refractivity contribution >= 4 is 22.5 Å². The third-order valence-corrected chi connectivity index (χ3v) is 8.64. The average molecular weight is 617 g/mol. The van der Waals surface area contributed by atoms with Crippen LogP contribution in [0.4, 0.5) is 19.0 Å². The zero-order chi connectivity index (χ0) is 31.3. The number of nitrogens with two attached hydrogens (primary N) is 1. The maximum atomic E-state index is 15.3. The molecule has 3 N–H and O–H groups in total. The molecule has 0 saturated carbocycles. The van der Waals surface area contributed by atoms with Crippen LogP contribution in [0.15, 0.2) is 54.9 Å². The number of aromatic amines is 1. The largest absolute Gasteiger partial charge is 0.433 e. The van der Waals surface area contributed by atoms with E-state index in [1.165, 1.54) is 34.8 Å². The molecule has 0 amide bonds. The summed E-state index contributed by atoms with van der Waals surface area (Å²) >= 11 is 0. The maximum absolute atomic E-state index is 15.3. The van der Waals surface area contributed by atoms with Gasteiger partial charge in [0.25, 0.3) is 0 Å². The number of ether oxygens (including phenoxy) is 2. The molecule has 5 heterocycles. The van der Waals surface area contributed by atoms with Crippen LogP contribution in [0.25, 0.3) is 16.6 Å². The first-order valence-corrected chi connectivity index (χ1v) is 14.8. The molecule has 232 valence electrons. The van der Waals surface area contributed by atoms with Crippen LogP contribution < -0.4 is 10.5 Å². The van der Waals surface area contributed by atoms with E-state index in [1.54, 1.807) is 13.0 Å². The number of anilines is 1. The Morgan fingerprint density at radius 1 is 1.11 bits per heavy atom. The monoisotopic (exact) mass is 616 g/mol. The van der Waals surface area contributed by atoms with E-state index >= 15 is 4.39 Å². The number of nitrogens with zero attached hydrogens (tertiary/aromatic N) is 4. The normalized spacial score (nSPS) is 16.5. The van der Waals surface area contributed by atoms with Crippen molar-refractivity contribution in [2.24, 2.45) is 0 Å². The minimum Gasteiger partial charge on any atom is -0.433 e. The summed E-state index contributed by atoms with van der Waals surface area (Å²) in [6.45, 7) is 4.47. The van der Waals surface area contributed by atoms with Gasteiger partial charge in [0.2, 0.25) is 17.4 Å². The smallest absolute Gasteiger partial charge is 0.219 e. The Morgan fingerprint density at radius 2 is 1.89 bits per heavy atom. The molecule has 0 unspecified atom stereocenters. The molecule has 0 radical (unpaired) electrons. The highest BCUT2D eigenvalue weighted by molar-refractivity contribution is 6.12. The van der Waals surface area contributed by atoms with Crippen LogP contribution in [0.1, 0.15) is 45.6 Å². The minimum absolute atomic E-state index is 0.0149. The van der Waals surface area contributed by atoms with Gasteiger partial charge < -0.3 is 20.2 Å². The number of aryl methyl sites for hydroxylation is 1. The number of fused-ring (bicyclic) bond motifs is 2. The number of nitrogen functional groups attached to an aromatic ring is 1. The SMILES string of the molecule is Cc1cc(Oc2c(F)cccc2F)ncc1-n1ncc(C(=O)c2cc3cc4c(cc3[nH]2)CCN(CC2(F)CCOCC2)C4)c1N. The van der Waals surface area contributed by atoms with Crippen molar-refractivity contribution in [2.45, 2.75) is 38.4 Å². The Balaban J connectivity index is 1.10. The van der Waals surface area contributed by atoms with Crippen molar-refractivity contribution in [1.29, 1.82) is 0 Å². The molecule has 5 aromatic rings. The number of alkyl halides is 1. The number of halogens is 3. The summed E-state index contributed by atoms with van der Waals surface area (Å²) in [7, 11) is 0. The Morgan fingerprint density at radius 3 is 2.64 bits per heavy atom. The average Bonchev–Trinajstić information content (AvgIpc) is 3.61. The summed E-state index contributed by atoms with van der Waals surface area (Å²) in [6.07, 6.45) is 4.44. The van der Waals surface area contributed by atoms with Gasteiger partial charge in [-0.25, -0.2) is 22.8 Å². The van der Waals surface area contributed by atoms with Crippen LogP contribution in [-0.2, 0) is 17.7 Å². The van der Waals surface area contributed by atoms with Gasteiger partial charge in [-0.15, -0.1) is 0 Å². The van der Waals surface area contributed by atoms with Gasteiger partial charge in [-0.1, -0.05) is 6.07 Å². The molecule has 45 heavy (non-hydrogen) atoms. The fourth-order valence-electron chi connectivity index (χ4n) is 6.16. The quantitative estimate of drug-likeness (QED) is 0.222. The van der Waals surface area contributed by atoms with Gasteiger partial charge in [-0.3, -0.25) is 9.69 Å². The number of nitrogens with one attached hydrogen (secondary N) is 1. The summed E-state index contributed by atoms with van der Waals surface area (Å²) in [5, 5.41) is 5.21. The molecule has 12 heteroatoms. The first kappa shape index (κ1) is 29.1. The lowest BCUT2D eigenvalue weighted by Crippen LogP contribution is -2.45. The molecule has 0 atom stereocenters. The van der Waals surface area contributed by atoms with Gasteiger partial charge in [0.1, 0.15) is 11.5 Å². The number of para-hydroxylation sites is 1. The van der Waals surface area contributed by atoms with E-state index in [0.717, 1.165) is 41.6 Å². The van der Waals surface area contributed by atoms with Crippen LogP contribution in [0.5, 0.6) is 11.6 Å². The lowest BCUT2D eigenvalue weighted by atomic mass is 9.93. The highest BCUT2D eigenvalue weighted by Gasteiger charge is 2.35. The minimum atomic E-state index is -1.22. The molecule has 3 aromatic heterocycles. The highest BCUT2D eigenvalue weighted by atomic mass is 19.1. The zero-order valence-corrected chi connectivity index (χ0v) is 24.6. The standard InChI is InChI=1S/C33H31F3N6O3/c1-19-11-29(45-31-24(34)3-2-4-25(31)35)38-16-28(19)42-32(37)23(15-39-42)30(43)27-14-21-12-22-17-41(8-5-20(22)13-26(21)40-27)18-33(36)6-9-44-10-7-33/h2-4,11-16,40H,5-10,17-18,37H2,1H3. The molecule has 1 saturated heterocycles. The number of carbonyl (C=O) groups excluding carboxylic acids is 1. The summed E-state index contributed by atoms with van der Waals surface area (Å²) in [4.78, 5) is 23.2. The van der Waals surface area contributed by atoms with Gasteiger partial charge >= 0.3 is 0 Å². The third-order valence-electron chi connectivity index (χ3n) is 8.64. The molecule has 2 aliphatic rings. The second-order valence-electron chi connectivity index (χ2n) is 11.8. The van der Waals surface area contributed by atoms with E-state index in [-0.39, 0.29) is 23.0 Å². The second kappa shape index (κ2) is 11.4. The molecular formula is C33H31F3N6O3. The second-order valence-corrected chi connectivity index (χ2v) is 11.8. The van der Waals surface area contributed by atoms with Crippen molar-refractivity contribution in [1.82, 2.24) is 24.6 Å². The van der Waals surface area contributed by atoms with E-state index in [1.807, 2.05) is 0 Å². The third kappa shape index (κ3) is 5.55. The van der Waals surface area contributed by atoms with E-state index in [9.17, 15) is 13.6 Å². The highest BCUT2D eigenvalue weighted by Crippen LogP contribution is 2.32. The summed E-state index contributed by atoms with van der Waals surface area (Å²) in [6, 6.07) is 10.9. The predicted octanol–water partition coefficient (Wildman–Crippen LogP) is 5.82. The maximum Gasteiger partial charge on any atom is 0.219 e. The lowest BCUT2D eigenvalue weighted by Gasteiger charge is -2.37. The van der Waals surface area contributed by atoms with E-state index in [0.29, 0.717) is 56.1 Å². The van der Waals surface area contributed by atoms with Crippen molar-refractivity contribution in [3.8, 4) is 17.3 Å². The fourth-order valence-corrected chi connectivity index (χ4v) is 6.16. The number of rotatable bonds is 7. The van der Waals surface area contributed by atoms with Crippen LogP contribution in [0.3, 0.4) is 0 Å². The van der Waals surface area contributed by atoms with Gasteiger partial charge in [-0.2, -0.15) is 5.10 Å². The number of carbonyl (C=O) groups is 1. The van der Waals surface area contributed by atoms with Gasteiger partial charge in [0, 0.05) is 62.7 Å². The van der Waals surface area contributed by atoms with Crippen LogP contribution in [-0.4, -0.2) is 62.4 Å². The Kier molecular flexibility index (Phi) is 7.33. The lowest BCUT2D eigenvalue weighted by molar-refractivity contribution is -0.0290. The molecule has 9 nitrogen and oxygen atoms in total. The van der Waals surface area contributed by atoms with Gasteiger partial charge in [-0.05, 0) is 60.4 Å².